The fourth-order valence-electron chi connectivity index (χ4n) is 2.27. The van der Waals surface area contributed by atoms with Crippen LogP contribution >= 0.6 is 0 Å². The first-order valence-corrected chi connectivity index (χ1v) is 5.92. The molecule has 0 atom stereocenters. The SMILES string of the molecule is Cc1ccc(Cn2c(N)nc3cccc(C)c32)o1. The number of nitrogens with two attached hydrogens (primary N) is 1. The third-order valence-electron chi connectivity index (χ3n) is 3.11. The molecule has 4 heteroatoms. The number of hydrogen-bond acceptors (Lipinski definition) is 3. The Balaban J connectivity index is 2.13. The van der Waals surface area contributed by atoms with Gasteiger partial charge in [0.1, 0.15) is 11.5 Å². The maximum Gasteiger partial charge on any atom is 0.201 e. The predicted octanol–water partition coefficient (Wildman–Crippen LogP) is 2.88. The lowest BCUT2D eigenvalue weighted by Crippen LogP contribution is -2.04. The summed E-state index contributed by atoms with van der Waals surface area (Å²) in [7, 11) is 0. The minimum absolute atomic E-state index is 0.522. The van der Waals surface area contributed by atoms with E-state index < -0.39 is 0 Å². The molecule has 0 bridgehead atoms. The monoisotopic (exact) mass is 241 g/mol. The number of aryl methyl sites for hydroxylation is 2. The second kappa shape index (κ2) is 3.91. The van der Waals surface area contributed by atoms with Gasteiger partial charge < -0.3 is 14.7 Å². The van der Waals surface area contributed by atoms with E-state index in [1.807, 2.05) is 35.8 Å². The molecule has 0 fully saturated rings. The molecule has 2 N–H and O–H groups in total. The van der Waals surface area contributed by atoms with Crippen LogP contribution in [-0.4, -0.2) is 9.55 Å². The highest BCUT2D eigenvalue weighted by Gasteiger charge is 2.11. The van der Waals surface area contributed by atoms with Gasteiger partial charge in [0.05, 0.1) is 17.6 Å². The van der Waals surface area contributed by atoms with Gasteiger partial charge in [0, 0.05) is 0 Å². The minimum Gasteiger partial charge on any atom is -0.464 e. The van der Waals surface area contributed by atoms with Crippen molar-refractivity contribution in [2.45, 2.75) is 20.4 Å². The molecule has 0 radical (unpaired) electrons. The van der Waals surface area contributed by atoms with Gasteiger partial charge in [-0.1, -0.05) is 12.1 Å². The summed E-state index contributed by atoms with van der Waals surface area (Å²) in [5, 5.41) is 0. The molecule has 0 spiro atoms. The first kappa shape index (κ1) is 10.9. The number of hydrogen-bond donors (Lipinski definition) is 1. The second-order valence-corrected chi connectivity index (χ2v) is 4.51. The molecule has 0 amide bonds. The van der Waals surface area contributed by atoms with Crippen molar-refractivity contribution in [3.05, 3.63) is 47.4 Å². The largest absolute Gasteiger partial charge is 0.464 e. The smallest absolute Gasteiger partial charge is 0.201 e. The molecule has 0 unspecified atom stereocenters. The van der Waals surface area contributed by atoms with Crippen LogP contribution in [0.2, 0.25) is 0 Å². The third kappa shape index (κ3) is 1.66. The van der Waals surface area contributed by atoms with Crippen LogP contribution in [0.25, 0.3) is 11.0 Å². The summed E-state index contributed by atoms with van der Waals surface area (Å²) in [6.07, 6.45) is 0. The van der Waals surface area contributed by atoms with Gasteiger partial charge in [-0.05, 0) is 37.6 Å². The fraction of sp³-hybridized carbons (Fsp3) is 0.214. The Labute approximate surface area is 105 Å². The number of furan rings is 1. The fourth-order valence-corrected chi connectivity index (χ4v) is 2.27. The Morgan fingerprint density at radius 1 is 1.22 bits per heavy atom. The minimum atomic E-state index is 0.522. The van der Waals surface area contributed by atoms with Gasteiger partial charge in [0.2, 0.25) is 5.95 Å². The van der Waals surface area contributed by atoms with Crippen LogP contribution in [0.1, 0.15) is 17.1 Å². The molecule has 0 saturated heterocycles. The van der Waals surface area contributed by atoms with Crippen molar-refractivity contribution in [3.63, 3.8) is 0 Å². The maximum absolute atomic E-state index is 5.99. The van der Waals surface area contributed by atoms with Crippen LogP contribution in [0, 0.1) is 13.8 Å². The second-order valence-electron chi connectivity index (χ2n) is 4.51. The summed E-state index contributed by atoms with van der Waals surface area (Å²) in [6, 6.07) is 9.96. The van der Waals surface area contributed by atoms with Gasteiger partial charge in [-0.25, -0.2) is 4.98 Å². The van der Waals surface area contributed by atoms with E-state index in [-0.39, 0.29) is 0 Å². The van der Waals surface area contributed by atoms with Crippen molar-refractivity contribution >= 4 is 17.0 Å². The Morgan fingerprint density at radius 2 is 2.06 bits per heavy atom. The van der Waals surface area contributed by atoms with Crippen molar-refractivity contribution in [3.8, 4) is 0 Å². The Bertz CT molecular complexity index is 709. The van der Waals surface area contributed by atoms with E-state index in [1.54, 1.807) is 0 Å². The number of para-hydroxylation sites is 1. The number of rotatable bonds is 2. The summed E-state index contributed by atoms with van der Waals surface area (Å²) in [5.41, 5.74) is 9.15. The number of benzene rings is 1. The van der Waals surface area contributed by atoms with Crippen LogP contribution < -0.4 is 5.73 Å². The van der Waals surface area contributed by atoms with Crippen LogP contribution in [0.5, 0.6) is 0 Å². The van der Waals surface area contributed by atoms with E-state index in [9.17, 15) is 0 Å². The Kier molecular flexibility index (Phi) is 2.37. The van der Waals surface area contributed by atoms with Crippen LogP contribution in [0.4, 0.5) is 5.95 Å². The van der Waals surface area contributed by atoms with Gasteiger partial charge in [-0.15, -0.1) is 0 Å². The number of anilines is 1. The zero-order chi connectivity index (χ0) is 12.7. The molecule has 0 aliphatic rings. The molecular weight excluding hydrogens is 226 g/mol. The first-order chi connectivity index (χ1) is 8.65. The molecule has 0 saturated carbocycles. The van der Waals surface area contributed by atoms with E-state index >= 15 is 0 Å². The van der Waals surface area contributed by atoms with E-state index in [0.29, 0.717) is 12.5 Å². The molecule has 3 rings (SSSR count). The summed E-state index contributed by atoms with van der Waals surface area (Å²) in [5.74, 6) is 2.32. The van der Waals surface area contributed by atoms with Crippen molar-refractivity contribution in [1.29, 1.82) is 0 Å². The topological polar surface area (TPSA) is 57.0 Å². The number of fused-ring (bicyclic) bond motifs is 1. The standard InChI is InChI=1S/C14H15N3O/c1-9-4-3-5-12-13(9)17(14(15)16-12)8-11-7-6-10(2)18-11/h3-7H,8H2,1-2H3,(H2,15,16). The maximum atomic E-state index is 5.99. The summed E-state index contributed by atoms with van der Waals surface area (Å²) in [6.45, 7) is 4.61. The van der Waals surface area contributed by atoms with Crippen LogP contribution in [0.3, 0.4) is 0 Å². The van der Waals surface area contributed by atoms with Crippen molar-refractivity contribution in [2.24, 2.45) is 0 Å². The lowest BCUT2D eigenvalue weighted by molar-refractivity contribution is 0.473. The predicted molar refractivity (Wildman–Crippen MR) is 71.4 cm³/mol. The summed E-state index contributed by atoms with van der Waals surface area (Å²) in [4.78, 5) is 4.38. The van der Waals surface area contributed by atoms with E-state index in [4.69, 9.17) is 10.2 Å². The summed E-state index contributed by atoms with van der Waals surface area (Å²) < 4.78 is 7.59. The van der Waals surface area contributed by atoms with E-state index in [1.165, 1.54) is 5.56 Å². The lowest BCUT2D eigenvalue weighted by Gasteiger charge is -2.05. The van der Waals surface area contributed by atoms with Gasteiger partial charge in [0.25, 0.3) is 0 Å². The third-order valence-corrected chi connectivity index (χ3v) is 3.11. The Morgan fingerprint density at radius 3 is 2.78 bits per heavy atom. The number of aromatic nitrogens is 2. The highest BCUT2D eigenvalue weighted by atomic mass is 16.3. The van der Waals surface area contributed by atoms with Crippen molar-refractivity contribution < 1.29 is 4.42 Å². The van der Waals surface area contributed by atoms with Crippen molar-refractivity contribution in [2.75, 3.05) is 5.73 Å². The molecular formula is C14H15N3O. The Hall–Kier alpha value is -2.23. The average Bonchev–Trinajstić information content (AvgIpc) is 2.85. The highest BCUT2D eigenvalue weighted by Crippen LogP contribution is 2.23. The zero-order valence-corrected chi connectivity index (χ0v) is 10.5. The van der Waals surface area contributed by atoms with Gasteiger partial charge in [0.15, 0.2) is 0 Å². The molecule has 4 nitrogen and oxygen atoms in total. The molecule has 2 heterocycles. The number of imidazole rings is 1. The molecule has 92 valence electrons. The lowest BCUT2D eigenvalue weighted by atomic mass is 10.2. The highest BCUT2D eigenvalue weighted by molar-refractivity contribution is 5.81. The van der Waals surface area contributed by atoms with Crippen LogP contribution in [-0.2, 0) is 6.54 Å². The first-order valence-electron chi connectivity index (χ1n) is 5.92. The quantitative estimate of drug-likeness (QED) is 0.750. The molecule has 3 aromatic rings. The molecule has 18 heavy (non-hydrogen) atoms. The zero-order valence-electron chi connectivity index (χ0n) is 10.5. The molecule has 0 aliphatic carbocycles. The van der Waals surface area contributed by atoms with Gasteiger partial charge in [-0.3, -0.25) is 0 Å². The van der Waals surface area contributed by atoms with Crippen LogP contribution in [0.15, 0.2) is 34.7 Å². The van der Waals surface area contributed by atoms with Gasteiger partial charge in [-0.2, -0.15) is 0 Å². The molecule has 2 aromatic heterocycles. The van der Waals surface area contributed by atoms with Crippen molar-refractivity contribution in [1.82, 2.24) is 9.55 Å². The number of nitrogens with zero attached hydrogens (tertiary/aromatic N) is 2. The molecule has 0 aliphatic heterocycles. The molecule has 1 aromatic carbocycles. The summed E-state index contributed by atoms with van der Waals surface area (Å²) >= 11 is 0. The average molecular weight is 241 g/mol. The number of nitrogen functional groups attached to an aromatic ring is 1. The van der Waals surface area contributed by atoms with Gasteiger partial charge >= 0.3 is 0 Å². The van der Waals surface area contributed by atoms with E-state index in [2.05, 4.69) is 18.0 Å². The van der Waals surface area contributed by atoms with E-state index in [0.717, 1.165) is 22.6 Å². The normalized spacial score (nSPS) is 11.2.